The van der Waals surface area contributed by atoms with Gasteiger partial charge in [-0.05, 0) is 67.3 Å². The van der Waals surface area contributed by atoms with Crippen LogP contribution in [0.4, 0.5) is 23.2 Å². The predicted octanol–water partition coefficient (Wildman–Crippen LogP) is 4.41. The van der Waals surface area contributed by atoms with Crippen molar-refractivity contribution in [3.8, 4) is 0 Å². The predicted molar refractivity (Wildman–Crippen MR) is 138 cm³/mol. The van der Waals surface area contributed by atoms with Gasteiger partial charge in [0.2, 0.25) is 5.91 Å². The molecule has 7 nitrogen and oxygen atoms in total. The van der Waals surface area contributed by atoms with Crippen LogP contribution in [0.15, 0.2) is 41.3 Å². The molecular weight excluding hydrogens is 550 g/mol. The number of piperidine rings is 1. The van der Waals surface area contributed by atoms with Gasteiger partial charge in [-0.25, -0.2) is 12.8 Å². The normalized spacial score (nSPS) is 29.0. The summed E-state index contributed by atoms with van der Waals surface area (Å²) in [6.45, 7) is 4.33. The first kappa shape index (κ1) is 27.0. The first-order valence-electron chi connectivity index (χ1n) is 13.3. The topological polar surface area (TPSA) is 95.6 Å². The smallest absolute Gasteiger partial charge is 0.385 e. The molecule has 2 heterocycles. The van der Waals surface area contributed by atoms with Crippen LogP contribution < -0.4 is 10.6 Å². The van der Waals surface area contributed by atoms with E-state index in [1.165, 1.54) is 23.1 Å². The number of nitrogens with one attached hydrogen (secondary N) is 2. The van der Waals surface area contributed by atoms with Gasteiger partial charge in [0, 0.05) is 36.0 Å². The number of amides is 2. The number of sulfone groups is 1. The first-order valence-corrected chi connectivity index (χ1v) is 15.2. The molecule has 0 aromatic heterocycles. The summed E-state index contributed by atoms with van der Waals surface area (Å²) in [4.78, 5) is 29.2. The van der Waals surface area contributed by atoms with Gasteiger partial charge in [-0.1, -0.05) is 13.0 Å². The van der Waals surface area contributed by atoms with E-state index in [4.69, 9.17) is 0 Å². The Labute approximate surface area is 229 Å². The van der Waals surface area contributed by atoms with Gasteiger partial charge >= 0.3 is 6.18 Å². The molecule has 7 rings (SSSR count). The van der Waals surface area contributed by atoms with Gasteiger partial charge in [-0.2, -0.15) is 13.2 Å². The van der Waals surface area contributed by atoms with E-state index in [1.807, 2.05) is 13.8 Å². The lowest BCUT2D eigenvalue weighted by molar-refractivity contribution is -0.137. The van der Waals surface area contributed by atoms with E-state index < -0.39 is 51.3 Å². The maximum atomic E-state index is 14.9. The summed E-state index contributed by atoms with van der Waals surface area (Å²) >= 11 is 0. The van der Waals surface area contributed by atoms with Gasteiger partial charge in [0.25, 0.3) is 5.91 Å². The van der Waals surface area contributed by atoms with Crippen LogP contribution in [-0.2, 0) is 20.8 Å². The maximum absolute atomic E-state index is 14.9. The molecular formula is C28H29F4N3O4S. The molecule has 214 valence electrons. The van der Waals surface area contributed by atoms with Crippen molar-refractivity contribution in [3.63, 3.8) is 0 Å². The Morgan fingerprint density at radius 3 is 2.35 bits per heavy atom. The van der Waals surface area contributed by atoms with Crippen molar-refractivity contribution in [2.75, 3.05) is 18.1 Å². The van der Waals surface area contributed by atoms with Crippen molar-refractivity contribution in [1.82, 2.24) is 10.2 Å². The van der Waals surface area contributed by atoms with E-state index in [0.717, 1.165) is 18.4 Å². The SMILES string of the molecule is CCNc1ccc(S(C)(=O)=O)cc1C(=O)N1C2[C@H]3C([C@@H]1C(=O)N[C@@H](c1ccc(C(F)(F)F)cc1F)C1CC1)[C@@]23C. The second-order valence-corrected chi connectivity index (χ2v) is 13.6. The minimum absolute atomic E-state index is 0.0130. The van der Waals surface area contributed by atoms with Crippen molar-refractivity contribution in [1.29, 1.82) is 0 Å². The Hall–Kier alpha value is -3.15. The quantitative estimate of drug-likeness (QED) is 0.452. The van der Waals surface area contributed by atoms with Crippen molar-refractivity contribution >= 4 is 27.3 Å². The molecule has 2 bridgehead atoms. The van der Waals surface area contributed by atoms with E-state index in [-0.39, 0.29) is 45.2 Å². The molecule has 2 N–H and O–H groups in total. The van der Waals surface area contributed by atoms with Crippen LogP contribution in [0.5, 0.6) is 0 Å². The Balaban J connectivity index is 1.30. The number of carbonyl (C=O) groups excluding carboxylic acids is 2. The average molecular weight is 580 g/mol. The number of hydrogen-bond donors (Lipinski definition) is 2. The van der Waals surface area contributed by atoms with Gasteiger partial charge in [0.05, 0.1) is 22.1 Å². The Morgan fingerprint density at radius 1 is 1.12 bits per heavy atom. The number of anilines is 1. The molecule has 2 aromatic rings. The number of rotatable bonds is 8. The third-order valence-corrected chi connectivity index (χ3v) is 10.2. The third kappa shape index (κ3) is 4.09. The number of halogens is 4. The zero-order valence-electron chi connectivity index (χ0n) is 22.0. The Morgan fingerprint density at radius 2 is 1.80 bits per heavy atom. The second-order valence-electron chi connectivity index (χ2n) is 11.6. The lowest BCUT2D eigenvalue weighted by Gasteiger charge is -2.28. The summed E-state index contributed by atoms with van der Waals surface area (Å²) in [6, 6.07) is 4.77. The molecule has 6 atom stereocenters. The number of fused-ring (bicyclic) bond motifs is 1. The summed E-state index contributed by atoms with van der Waals surface area (Å²) in [7, 11) is -3.60. The van der Waals surface area contributed by atoms with E-state index in [2.05, 4.69) is 10.6 Å². The summed E-state index contributed by atoms with van der Waals surface area (Å²) in [5, 5.41) is 5.95. The highest BCUT2D eigenvalue weighted by Gasteiger charge is 2.94. The first-order chi connectivity index (χ1) is 18.7. The molecule has 2 aromatic carbocycles. The van der Waals surface area contributed by atoms with Gasteiger partial charge in [0.15, 0.2) is 9.84 Å². The van der Waals surface area contributed by atoms with E-state index in [9.17, 15) is 35.6 Å². The highest BCUT2D eigenvalue weighted by Crippen LogP contribution is 2.87. The van der Waals surface area contributed by atoms with Crippen LogP contribution in [0.1, 0.15) is 54.2 Å². The Kier molecular flexibility index (Phi) is 5.86. The number of carbonyl (C=O) groups is 2. The summed E-state index contributed by atoms with van der Waals surface area (Å²) in [6.07, 6.45) is -2.26. The molecule has 0 spiro atoms. The third-order valence-electron chi connectivity index (χ3n) is 9.10. The summed E-state index contributed by atoms with van der Waals surface area (Å²) < 4.78 is 78.6. The van der Waals surface area contributed by atoms with E-state index in [0.29, 0.717) is 31.1 Å². The van der Waals surface area contributed by atoms with Crippen molar-refractivity contribution in [3.05, 3.63) is 58.9 Å². The van der Waals surface area contributed by atoms with Gasteiger partial charge in [-0.15, -0.1) is 0 Å². The second kappa shape index (κ2) is 8.67. The van der Waals surface area contributed by atoms with Gasteiger partial charge in [-0.3, -0.25) is 9.59 Å². The van der Waals surface area contributed by atoms with Crippen LogP contribution in [-0.4, -0.2) is 50.0 Å². The van der Waals surface area contributed by atoms with Crippen LogP contribution in [0.25, 0.3) is 0 Å². The molecule has 5 fully saturated rings. The molecule has 2 unspecified atom stereocenters. The fraction of sp³-hybridized carbons (Fsp3) is 0.500. The standard InChI is InChI=1S/C28H29F4N3O4S/c1-4-33-19-10-8-15(40(3,38)39)12-17(19)26(37)35-23(20-21-24(35)27(20,21)2)25(36)34-22(13-5-6-13)16-9-7-14(11-18(16)29)28(30,31)32/h7-13,20-24,33H,4-6H2,1-3H3,(H,34,36)/t20?,21-,22-,23-,24?,27-/m1/s1. The highest BCUT2D eigenvalue weighted by molar-refractivity contribution is 7.90. The molecule has 0 radical (unpaired) electrons. The molecule has 5 aliphatic rings. The lowest BCUT2D eigenvalue weighted by Crippen LogP contribution is -2.47. The number of hydrogen-bond acceptors (Lipinski definition) is 5. The molecule has 3 aliphatic carbocycles. The Bertz CT molecular complexity index is 1540. The summed E-state index contributed by atoms with van der Waals surface area (Å²) in [5.74, 6) is -2.04. The maximum Gasteiger partial charge on any atom is 0.416 e. The van der Waals surface area contributed by atoms with Crippen LogP contribution in [0.3, 0.4) is 0 Å². The summed E-state index contributed by atoms with van der Waals surface area (Å²) in [5.41, 5.74) is -0.732. The highest BCUT2D eigenvalue weighted by atomic mass is 32.2. The zero-order chi connectivity index (χ0) is 28.9. The van der Waals surface area contributed by atoms with E-state index in [1.54, 1.807) is 0 Å². The molecule has 3 saturated carbocycles. The van der Waals surface area contributed by atoms with Gasteiger partial charge < -0.3 is 15.5 Å². The fourth-order valence-electron chi connectivity index (χ4n) is 6.80. The van der Waals surface area contributed by atoms with Crippen molar-refractivity contribution < 1.29 is 35.6 Å². The molecule has 2 aliphatic heterocycles. The molecule has 2 saturated heterocycles. The minimum Gasteiger partial charge on any atom is -0.385 e. The fourth-order valence-corrected chi connectivity index (χ4v) is 7.45. The van der Waals surface area contributed by atoms with Crippen LogP contribution >= 0.6 is 0 Å². The largest absolute Gasteiger partial charge is 0.416 e. The number of nitrogens with zero attached hydrogens (tertiary/aromatic N) is 1. The van der Waals surface area contributed by atoms with Crippen LogP contribution in [0, 0.1) is 29.0 Å². The van der Waals surface area contributed by atoms with Gasteiger partial charge in [0.1, 0.15) is 11.9 Å². The molecule has 40 heavy (non-hydrogen) atoms. The molecule has 12 heteroatoms. The average Bonchev–Trinajstić information content (AvgIpc) is 3.82. The van der Waals surface area contributed by atoms with Crippen molar-refractivity contribution in [2.45, 2.75) is 55.9 Å². The zero-order valence-corrected chi connectivity index (χ0v) is 22.9. The monoisotopic (exact) mass is 579 g/mol. The minimum atomic E-state index is -4.69. The van der Waals surface area contributed by atoms with Crippen LogP contribution in [0.2, 0.25) is 0 Å². The van der Waals surface area contributed by atoms with Crippen molar-refractivity contribution in [2.24, 2.45) is 23.2 Å². The van der Waals surface area contributed by atoms with E-state index >= 15 is 0 Å². The number of alkyl halides is 3. The lowest BCUT2D eigenvalue weighted by atomic mass is 9.98. The molecule has 2 amide bonds. The number of benzene rings is 2.